The number of rotatable bonds is 8. The van der Waals surface area contributed by atoms with E-state index in [0.717, 1.165) is 28.5 Å². The monoisotopic (exact) mass is 515 g/mol. The molecule has 1 aliphatic heterocycles. The lowest BCUT2D eigenvalue weighted by atomic mass is 10.0. The van der Waals surface area contributed by atoms with Crippen molar-refractivity contribution in [2.24, 2.45) is 5.73 Å². The zero-order valence-electron chi connectivity index (χ0n) is 20.0. The Labute approximate surface area is 218 Å². The summed E-state index contributed by atoms with van der Waals surface area (Å²) in [7, 11) is 0. The third-order valence-corrected chi connectivity index (χ3v) is 6.68. The number of carbonyl (C=O) groups is 3. The van der Waals surface area contributed by atoms with E-state index in [9.17, 15) is 14.4 Å². The average Bonchev–Trinajstić information content (AvgIpc) is 3.41. The van der Waals surface area contributed by atoms with Crippen molar-refractivity contribution in [3.63, 3.8) is 0 Å². The van der Waals surface area contributed by atoms with Gasteiger partial charge in [-0.05, 0) is 78.2 Å². The number of fused-ring (bicyclic) bond motifs is 1. The van der Waals surface area contributed by atoms with Crippen molar-refractivity contribution < 1.29 is 14.4 Å². The summed E-state index contributed by atoms with van der Waals surface area (Å²) in [5.74, 6) is -0.592. The van der Waals surface area contributed by atoms with Crippen LogP contribution < -0.4 is 16.4 Å². The van der Waals surface area contributed by atoms with Crippen molar-refractivity contribution in [2.45, 2.75) is 25.4 Å². The van der Waals surface area contributed by atoms with Gasteiger partial charge in [0.2, 0.25) is 0 Å². The molecule has 9 heteroatoms. The predicted octanol–water partition coefficient (Wildman–Crippen LogP) is 4.24. The van der Waals surface area contributed by atoms with Gasteiger partial charge in [0.1, 0.15) is 6.04 Å². The van der Waals surface area contributed by atoms with Crippen LogP contribution in [0.1, 0.15) is 27.0 Å². The number of halogens is 1. The Kier molecular flexibility index (Phi) is 6.94. The van der Waals surface area contributed by atoms with Crippen molar-refractivity contribution in [3.8, 4) is 0 Å². The normalized spacial score (nSPS) is 15.3. The minimum Gasteiger partial charge on any atom is -0.361 e. The highest BCUT2D eigenvalue weighted by Gasteiger charge is 2.37. The number of nitrogens with zero attached hydrogens (tertiary/aromatic N) is 1. The summed E-state index contributed by atoms with van der Waals surface area (Å²) in [6, 6.07) is 18.6. The van der Waals surface area contributed by atoms with E-state index in [1.54, 1.807) is 48.5 Å². The van der Waals surface area contributed by atoms with E-state index in [2.05, 4.69) is 15.6 Å². The van der Waals surface area contributed by atoms with Crippen molar-refractivity contribution in [1.29, 1.82) is 0 Å². The fourth-order valence-corrected chi connectivity index (χ4v) is 4.67. The largest absolute Gasteiger partial charge is 0.361 e. The number of imide groups is 1. The summed E-state index contributed by atoms with van der Waals surface area (Å²) in [6.45, 7) is 0.619. The van der Waals surface area contributed by atoms with Crippen LogP contribution in [0.25, 0.3) is 10.9 Å². The van der Waals surface area contributed by atoms with E-state index >= 15 is 0 Å². The summed E-state index contributed by atoms with van der Waals surface area (Å²) in [6.07, 6.45) is 3.09. The van der Waals surface area contributed by atoms with E-state index in [0.29, 0.717) is 34.8 Å². The minimum absolute atomic E-state index is 0.0702. The Morgan fingerprint density at radius 2 is 1.84 bits per heavy atom. The Hall–Kier alpha value is -4.14. The molecule has 1 saturated heterocycles. The molecule has 1 aromatic heterocycles. The van der Waals surface area contributed by atoms with Crippen LogP contribution in [-0.2, 0) is 24.2 Å². The number of benzene rings is 3. The number of hydrogen-bond donors (Lipinski definition) is 4. The average molecular weight is 516 g/mol. The second kappa shape index (κ2) is 10.5. The molecule has 0 spiro atoms. The summed E-state index contributed by atoms with van der Waals surface area (Å²) in [4.78, 5) is 42.9. The standard InChI is InChI=1S/C28H26ClN5O3/c29-21-5-7-22(8-6-21)32-26(35)19-3-1-2-18(12-19)16-34-27(36)25(33-28(34)37)14-17-4-9-24-23(13-17)20(10-11-30)15-31-24/h1-9,12-13,15,25,31H,10-11,14,16,30H2,(H,32,35)(H,33,37). The molecule has 3 aromatic carbocycles. The SMILES string of the molecule is NCCc1c[nH]c2ccc(CC3NC(=O)N(Cc4cccc(C(=O)Nc5ccc(Cl)cc5)c4)C3=O)cc12. The van der Waals surface area contributed by atoms with Gasteiger partial charge in [0.25, 0.3) is 11.8 Å². The number of nitrogens with one attached hydrogen (secondary N) is 3. The minimum atomic E-state index is -0.654. The quantitative estimate of drug-likeness (QED) is 0.262. The van der Waals surface area contributed by atoms with Crippen LogP contribution in [0.4, 0.5) is 10.5 Å². The number of aromatic nitrogens is 1. The molecule has 0 saturated carbocycles. The first-order valence-electron chi connectivity index (χ1n) is 12.0. The second-order valence-electron chi connectivity index (χ2n) is 9.02. The Morgan fingerprint density at radius 3 is 2.62 bits per heavy atom. The number of hydrogen-bond acceptors (Lipinski definition) is 4. The third-order valence-electron chi connectivity index (χ3n) is 6.42. The molecule has 188 valence electrons. The topological polar surface area (TPSA) is 120 Å². The fourth-order valence-electron chi connectivity index (χ4n) is 4.55. The van der Waals surface area contributed by atoms with Gasteiger partial charge in [0.05, 0.1) is 6.54 Å². The molecule has 0 bridgehead atoms. The van der Waals surface area contributed by atoms with E-state index < -0.39 is 12.1 Å². The van der Waals surface area contributed by atoms with Gasteiger partial charge < -0.3 is 21.4 Å². The van der Waals surface area contributed by atoms with Crippen LogP contribution in [0, 0.1) is 0 Å². The highest BCUT2D eigenvalue weighted by atomic mass is 35.5. The predicted molar refractivity (Wildman–Crippen MR) is 143 cm³/mol. The Bertz CT molecular complexity index is 1480. The molecule has 5 N–H and O–H groups in total. The number of urea groups is 1. The van der Waals surface area contributed by atoms with Crippen LogP contribution in [0.2, 0.25) is 5.02 Å². The van der Waals surface area contributed by atoms with E-state index in [1.165, 1.54) is 4.90 Å². The number of nitrogens with two attached hydrogens (primary N) is 1. The van der Waals surface area contributed by atoms with Gasteiger partial charge >= 0.3 is 6.03 Å². The lowest BCUT2D eigenvalue weighted by Crippen LogP contribution is -2.32. The fraction of sp³-hybridized carbons (Fsp3) is 0.179. The molecular formula is C28H26ClN5O3. The summed E-state index contributed by atoms with van der Waals surface area (Å²) in [5, 5.41) is 7.26. The molecule has 5 rings (SSSR count). The summed E-state index contributed by atoms with van der Waals surface area (Å²) >= 11 is 5.90. The summed E-state index contributed by atoms with van der Waals surface area (Å²) < 4.78 is 0. The molecule has 1 unspecified atom stereocenters. The van der Waals surface area contributed by atoms with Gasteiger partial charge in [0.15, 0.2) is 0 Å². The maximum atomic E-state index is 13.1. The smallest absolute Gasteiger partial charge is 0.325 e. The second-order valence-corrected chi connectivity index (χ2v) is 9.46. The van der Waals surface area contributed by atoms with Gasteiger partial charge in [-0.25, -0.2) is 4.79 Å². The van der Waals surface area contributed by atoms with Crippen LogP contribution >= 0.6 is 11.6 Å². The van der Waals surface area contributed by atoms with Gasteiger partial charge in [-0.15, -0.1) is 0 Å². The zero-order valence-corrected chi connectivity index (χ0v) is 20.7. The van der Waals surface area contributed by atoms with Gasteiger partial charge in [-0.3, -0.25) is 14.5 Å². The first kappa shape index (κ1) is 24.5. The van der Waals surface area contributed by atoms with Gasteiger partial charge in [-0.1, -0.05) is 29.8 Å². The lowest BCUT2D eigenvalue weighted by molar-refractivity contribution is -0.127. The molecule has 4 aromatic rings. The number of amides is 4. The van der Waals surface area contributed by atoms with Crippen LogP contribution in [0.3, 0.4) is 0 Å². The van der Waals surface area contributed by atoms with Crippen molar-refractivity contribution in [1.82, 2.24) is 15.2 Å². The van der Waals surface area contributed by atoms with Crippen LogP contribution in [0.15, 0.2) is 72.9 Å². The molecule has 2 heterocycles. The first-order valence-corrected chi connectivity index (χ1v) is 12.4. The zero-order chi connectivity index (χ0) is 25.9. The van der Waals surface area contributed by atoms with Gasteiger partial charge in [0, 0.05) is 39.8 Å². The molecule has 0 aliphatic carbocycles. The van der Waals surface area contributed by atoms with Gasteiger partial charge in [-0.2, -0.15) is 0 Å². The van der Waals surface area contributed by atoms with E-state index in [4.69, 9.17) is 17.3 Å². The Morgan fingerprint density at radius 1 is 1.03 bits per heavy atom. The highest BCUT2D eigenvalue weighted by molar-refractivity contribution is 6.30. The van der Waals surface area contributed by atoms with Crippen LogP contribution in [-0.4, -0.2) is 40.3 Å². The number of carbonyl (C=O) groups excluding carboxylic acids is 3. The maximum absolute atomic E-state index is 13.1. The van der Waals surface area contributed by atoms with E-state index in [-0.39, 0.29) is 18.4 Å². The van der Waals surface area contributed by atoms with Crippen molar-refractivity contribution >= 4 is 46.0 Å². The number of anilines is 1. The molecule has 1 atom stereocenters. The van der Waals surface area contributed by atoms with E-state index in [1.807, 2.05) is 24.4 Å². The lowest BCUT2D eigenvalue weighted by Gasteiger charge is -2.14. The molecule has 37 heavy (non-hydrogen) atoms. The van der Waals surface area contributed by atoms with Crippen molar-refractivity contribution in [2.75, 3.05) is 11.9 Å². The number of H-pyrrole nitrogens is 1. The number of aromatic amines is 1. The molecule has 1 aliphatic rings. The maximum Gasteiger partial charge on any atom is 0.325 e. The highest BCUT2D eigenvalue weighted by Crippen LogP contribution is 2.23. The molecule has 1 fully saturated rings. The molecule has 0 radical (unpaired) electrons. The molecule has 8 nitrogen and oxygen atoms in total. The first-order chi connectivity index (χ1) is 17.9. The van der Waals surface area contributed by atoms with Crippen LogP contribution in [0.5, 0.6) is 0 Å². The van der Waals surface area contributed by atoms with Crippen molar-refractivity contribution in [3.05, 3.63) is 100 Å². The molecule has 4 amide bonds. The molecular weight excluding hydrogens is 490 g/mol. The summed E-state index contributed by atoms with van der Waals surface area (Å²) in [5.41, 5.74) is 10.5. The Balaban J connectivity index is 1.26. The third kappa shape index (κ3) is 5.35.